The first kappa shape index (κ1) is 70.9. The third kappa shape index (κ3) is 18.2. The Morgan fingerprint density at radius 2 is 1.41 bits per heavy atom. The van der Waals surface area contributed by atoms with Crippen molar-refractivity contribution < 1.29 is 92.9 Å². The van der Waals surface area contributed by atoms with E-state index in [2.05, 4.69) is 52.7 Å². The number of aliphatic hydroxyl groups excluding tert-OH is 6. The van der Waals surface area contributed by atoms with Gasteiger partial charge in [-0.3, -0.25) is 38.5 Å². The number of β-amino-alcohol motifs (C(OH)–C–C–N with tert-alkyl or cyclic N) is 1. The number of amides is 7. The third-order valence-corrected chi connectivity index (χ3v) is 19.2. The van der Waals surface area contributed by atoms with Crippen molar-refractivity contribution in [3.8, 4) is 11.5 Å². The van der Waals surface area contributed by atoms with Crippen LogP contribution >= 0.6 is 12.3 Å². The van der Waals surface area contributed by atoms with Crippen LogP contribution in [0.3, 0.4) is 0 Å². The summed E-state index contributed by atoms with van der Waals surface area (Å²) < 4.78 is 15.4. The molecule has 2 aromatic carbocycles. The van der Waals surface area contributed by atoms with Crippen LogP contribution < -0.4 is 41.4 Å². The lowest BCUT2D eigenvalue weighted by Crippen LogP contribution is -2.64. The molecule has 4 aliphatic heterocycles. The van der Waals surface area contributed by atoms with Crippen LogP contribution in [0.5, 0.6) is 11.5 Å². The second-order valence-corrected chi connectivity index (χ2v) is 25.7. The molecule has 4 heterocycles. The Hall–Kier alpha value is -6.00. The molecule has 0 aromatic heterocycles. The van der Waals surface area contributed by atoms with Crippen LogP contribution in [0.4, 0.5) is 5.69 Å². The Bertz CT molecular complexity index is 2770. The number of aliphatic hydroxyl groups is 6. The Balaban J connectivity index is 1.00. The summed E-state index contributed by atoms with van der Waals surface area (Å²) in [4.78, 5) is 108. The Kier molecular flexibility index (Phi) is 25.9. The van der Waals surface area contributed by atoms with Gasteiger partial charge < -0.3 is 91.7 Å². The minimum absolute atomic E-state index is 0.0899. The number of fused-ring (bicyclic) bond motifs is 2. The highest BCUT2D eigenvalue weighted by molar-refractivity contribution is 7.90. The van der Waals surface area contributed by atoms with Crippen LogP contribution in [0.1, 0.15) is 114 Å². The maximum absolute atomic E-state index is 14.7. The van der Waals surface area contributed by atoms with Gasteiger partial charge in [0.2, 0.25) is 35.4 Å². The van der Waals surface area contributed by atoms with Gasteiger partial charge in [-0.25, -0.2) is 5.26 Å². The normalized spacial score (nSPS) is 31.4. The quantitative estimate of drug-likeness (QED) is 0.0337. The summed E-state index contributed by atoms with van der Waals surface area (Å²) in [6, 6.07) is -0.0212. The number of benzene rings is 2. The predicted octanol–water partition coefficient (Wildman–Crippen LogP) is -1.28. The fraction of sp³-hybridized carbons (Fsp3) is 0.689. The zero-order valence-electron chi connectivity index (χ0n) is 51.8. The number of carbonyl (C=O) groups is 7. The molecule has 2 saturated carbocycles. The summed E-state index contributed by atoms with van der Waals surface area (Å²) in [6.45, 7) is 7.32. The van der Waals surface area contributed by atoms with E-state index in [9.17, 15) is 69.3 Å². The summed E-state index contributed by atoms with van der Waals surface area (Å²) in [7, 11) is 0. The van der Waals surface area contributed by atoms with Gasteiger partial charge in [0.15, 0.2) is 11.5 Å². The fourth-order valence-electron chi connectivity index (χ4n) is 13.8. The number of anilines is 1. The third-order valence-electron chi connectivity index (χ3n) is 18.9. The molecule has 2 aromatic rings. The van der Waals surface area contributed by atoms with E-state index in [1.807, 2.05) is 0 Å². The molecule has 0 bridgehead atoms. The molecule has 6 fully saturated rings. The van der Waals surface area contributed by atoms with E-state index < -0.39 is 158 Å². The molecule has 8 rings (SSSR count). The van der Waals surface area contributed by atoms with Crippen LogP contribution in [0.15, 0.2) is 42.5 Å². The van der Waals surface area contributed by atoms with E-state index in [1.165, 1.54) is 70.4 Å². The number of hydrogen-bond acceptors (Lipinski definition) is 23. The van der Waals surface area contributed by atoms with Crippen molar-refractivity contribution in [1.29, 1.82) is 0 Å². The number of piperazine rings is 1. The minimum Gasteiger partial charge on any atom is -0.504 e. The largest absolute Gasteiger partial charge is 0.504 e. The molecule has 29 nitrogen and oxygen atoms in total. The molecule has 4 saturated heterocycles. The number of nitrogens with zero attached hydrogens (tertiary/aromatic N) is 4. The predicted molar refractivity (Wildman–Crippen MR) is 328 cm³/mol. The number of nitrogens with one attached hydrogen (secondary N) is 5. The van der Waals surface area contributed by atoms with Gasteiger partial charge >= 0.3 is 0 Å². The number of rotatable bonds is 19. The highest BCUT2D eigenvalue weighted by Crippen LogP contribution is 2.41. The second kappa shape index (κ2) is 33.2. The van der Waals surface area contributed by atoms with Gasteiger partial charge in [-0.2, -0.15) is 0 Å². The molecule has 13 atom stereocenters. The minimum atomic E-state index is -2.09. The standard InChI is InChI=1S/C61H92N10O19S/c1-4-25-87-43-16-10-37(11-17-43)36-6-12-39(13-7-36)68-21-23-69(24-22-68)40-14-8-38(9-15-40)55(79)64-44-28-41(73)30-63-59(83)53-54(78)33(2)31-71(53)61(85)52(47(76)19-20-62)67-58(82)51(48(77)26-35-5-18-46(75)49(27-35)88-91-90-89-86)66-57(81)45-29-42(74)32-70(45)60(84)50(34(3)72)65-56(44)80/h5,8-9,14-15,18,27,33-34,36-37,39,41-45,47-48,50-54,72-78,86H,4,6-7,10-13,16-17,19-26,28-32,62H2,1-3H3,(H,63,83)(H,64,79)(H,65,80)(H,66,81)(H,67,82)/t33-,34+,36?,37?,39?,41+,42+,43?,44+,45+,47-,48-,50+,51+,52+,53+,54+/m1/s1. The SMILES string of the molecule is CCCOC1CCC(C2CCC(N3CCN(c4ccc(C(=O)N[C@H]5C[C@H](O)CNC(=O)[C@@H]6[C@@H](O)[C@H](C)CN6C(=O)[C@H]([C@H](O)CCN)NC(=O)[C@H]([C@H](O)Cc6ccc(O)c(OSOOO)c6)NC(=O)[C@@H]6C[C@H](O)CN6C(=O)[C@H]([C@H](C)O)NC5=O)cc4)CC3)CC2)CC1. The monoisotopic (exact) mass is 1300 g/mol. The van der Waals surface area contributed by atoms with Crippen molar-refractivity contribution in [2.45, 2.75) is 189 Å². The number of hydrogen-bond donors (Lipinski definition) is 14. The molecule has 2 aliphatic carbocycles. The number of phenolic OH excluding ortho intramolecular Hbond substituents is 1. The topological polar surface area (TPSA) is 417 Å². The average Bonchev–Trinajstić information content (AvgIpc) is 1.72. The summed E-state index contributed by atoms with van der Waals surface area (Å²) in [5.41, 5.74) is 6.95. The molecule has 91 heavy (non-hydrogen) atoms. The maximum atomic E-state index is 14.7. The summed E-state index contributed by atoms with van der Waals surface area (Å²) >= 11 is 0.0899. The average molecular weight is 1300 g/mol. The van der Waals surface area contributed by atoms with E-state index in [0.717, 1.165) is 79.5 Å². The van der Waals surface area contributed by atoms with E-state index in [4.69, 9.17) is 19.9 Å². The first-order chi connectivity index (χ1) is 43.6. The lowest BCUT2D eigenvalue weighted by Gasteiger charge is -2.44. The molecule has 0 spiro atoms. The van der Waals surface area contributed by atoms with Gasteiger partial charge in [-0.1, -0.05) is 29.3 Å². The van der Waals surface area contributed by atoms with Crippen molar-refractivity contribution in [1.82, 2.24) is 41.3 Å². The maximum Gasteiger partial charge on any atom is 0.261 e. The Labute approximate surface area is 533 Å². The molecular formula is C61H92N10O19S. The molecular weight excluding hydrogens is 1210 g/mol. The lowest BCUT2D eigenvalue weighted by molar-refractivity contribution is -0.433. The first-order valence-electron chi connectivity index (χ1n) is 31.8. The molecule has 15 N–H and O–H groups in total. The number of aromatic hydroxyl groups is 1. The van der Waals surface area contributed by atoms with Gasteiger partial charge in [-0.05, 0) is 131 Å². The van der Waals surface area contributed by atoms with Gasteiger partial charge in [0, 0.05) is 94.9 Å². The summed E-state index contributed by atoms with van der Waals surface area (Å²) in [5.74, 6) is -7.48. The number of ether oxygens (including phenoxy) is 1. The second-order valence-electron chi connectivity index (χ2n) is 25.2. The van der Waals surface area contributed by atoms with Crippen molar-refractivity contribution in [3.63, 3.8) is 0 Å². The number of nitrogens with two attached hydrogens (primary N) is 1. The van der Waals surface area contributed by atoms with Crippen LogP contribution in [-0.2, 0) is 49.3 Å². The first-order valence-corrected chi connectivity index (χ1v) is 32.5. The van der Waals surface area contributed by atoms with Crippen LogP contribution in [0, 0.1) is 17.8 Å². The summed E-state index contributed by atoms with van der Waals surface area (Å²) in [5, 5.41) is 103. The van der Waals surface area contributed by atoms with Crippen LogP contribution in [-0.4, -0.2) is 241 Å². The highest BCUT2D eigenvalue weighted by Gasteiger charge is 2.50. The molecule has 0 radical (unpaired) electrons. The van der Waals surface area contributed by atoms with E-state index >= 15 is 0 Å². The van der Waals surface area contributed by atoms with E-state index in [0.29, 0.717) is 12.1 Å². The molecule has 0 unspecified atom stereocenters. The van der Waals surface area contributed by atoms with Crippen molar-refractivity contribution in [2.24, 2.45) is 23.5 Å². The van der Waals surface area contributed by atoms with Crippen molar-refractivity contribution in [2.75, 3.05) is 63.9 Å². The van der Waals surface area contributed by atoms with Crippen molar-refractivity contribution >= 4 is 59.4 Å². The van der Waals surface area contributed by atoms with Crippen LogP contribution in [0.25, 0.3) is 0 Å². The smallest absolute Gasteiger partial charge is 0.261 e. The van der Waals surface area contributed by atoms with E-state index in [1.54, 1.807) is 24.3 Å². The van der Waals surface area contributed by atoms with Gasteiger partial charge in [0.05, 0.1) is 42.7 Å². The summed E-state index contributed by atoms with van der Waals surface area (Å²) in [6.07, 6.45) is -0.796. The number of carbonyl (C=O) groups excluding carboxylic acids is 7. The number of phenols is 1. The Morgan fingerprint density at radius 3 is 2.05 bits per heavy atom. The highest BCUT2D eigenvalue weighted by atomic mass is 32.2. The zero-order chi connectivity index (χ0) is 65.6. The molecule has 7 amide bonds. The van der Waals surface area contributed by atoms with Crippen LogP contribution in [0.2, 0.25) is 0 Å². The van der Waals surface area contributed by atoms with Gasteiger partial charge in [-0.15, -0.1) is 0 Å². The molecule has 506 valence electrons. The fourth-order valence-corrected chi connectivity index (χ4v) is 14.0. The van der Waals surface area contributed by atoms with E-state index in [-0.39, 0.29) is 48.7 Å². The van der Waals surface area contributed by atoms with Gasteiger partial charge in [0.1, 0.15) is 36.3 Å². The Morgan fingerprint density at radius 1 is 0.758 bits per heavy atom. The lowest BCUT2D eigenvalue weighted by atomic mass is 9.71. The molecule has 30 heteroatoms. The molecule has 6 aliphatic rings. The van der Waals surface area contributed by atoms with Crippen molar-refractivity contribution in [3.05, 3.63) is 53.6 Å². The van der Waals surface area contributed by atoms with Gasteiger partial charge in [0.25, 0.3) is 18.2 Å². The zero-order valence-corrected chi connectivity index (χ0v) is 52.6.